The molecule has 0 aliphatic carbocycles. The van der Waals surface area contributed by atoms with Gasteiger partial charge in [0.05, 0.1) is 0 Å². The van der Waals surface area contributed by atoms with Gasteiger partial charge in [0.25, 0.3) is 0 Å². The summed E-state index contributed by atoms with van der Waals surface area (Å²) in [6, 6.07) is 7.84. The van der Waals surface area contributed by atoms with Gasteiger partial charge in [-0.3, -0.25) is 4.79 Å². The molecule has 0 bridgehead atoms. The van der Waals surface area contributed by atoms with Crippen molar-refractivity contribution in [3.05, 3.63) is 34.9 Å². The Kier molecular flexibility index (Phi) is 3.90. The van der Waals surface area contributed by atoms with E-state index in [0.717, 1.165) is 0 Å². The predicted molar refractivity (Wildman–Crippen MR) is 67.6 cm³/mol. The monoisotopic (exact) mass is 230 g/mol. The highest BCUT2D eigenvalue weighted by atomic mass is 16.1. The van der Waals surface area contributed by atoms with Crippen LogP contribution in [0.5, 0.6) is 0 Å². The Morgan fingerprint density at radius 3 is 2.53 bits per heavy atom. The number of carbonyl (C=O) groups is 1. The molecular weight excluding hydrogens is 212 g/mol. The summed E-state index contributed by atoms with van der Waals surface area (Å²) in [4.78, 5) is 10.9. The highest BCUT2D eigenvalue weighted by Crippen LogP contribution is 2.24. The van der Waals surface area contributed by atoms with Crippen LogP contribution in [0.2, 0.25) is 0 Å². The molecule has 0 aliphatic rings. The predicted octanol–water partition coefficient (Wildman–Crippen LogP) is 2.22. The third kappa shape index (κ3) is 3.32. The SMILES string of the molecule is Cc1ccc(C(C)(C)CNC(=O)C#N)cc1C. The molecule has 0 radical (unpaired) electrons. The van der Waals surface area contributed by atoms with E-state index >= 15 is 0 Å². The van der Waals surface area contributed by atoms with Crippen molar-refractivity contribution in [2.45, 2.75) is 33.1 Å². The number of nitriles is 1. The standard InChI is InChI=1S/C14H18N2O/c1-10-5-6-12(7-11(10)2)14(3,4)9-16-13(17)8-15/h5-7H,9H2,1-4H3,(H,16,17). The number of carbonyl (C=O) groups excluding carboxylic acids is 1. The largest absolute Gasteiger partial charge is 0.343 e. The Bertz CT molecular complexity index is 470. The van der Waals surface area contributed by atoms with Crippen molar-refractivity contribution < 1.29 is 4.79 Å². The number of nitrogens with one attached hydrogen (secondary N) is 1. The van der Waals surface area contributed by atoms with Gasteiger partial charge in [-0.2, -0.15) is 5.26 Å². The van der Waals surface area contributed by atoms with E-state index in [0.29, 0.717) is 6.54 Å². The van der Waals surface area contributed by atoms with Gasteiger partial charge in [-0.05, 0) is 30.5 Å². The zero-order valence-electron chi connectivity index (χ0n) is 10.8. The fraction of sp³-hybridized carbons (Fsp3) is 0.429. The maximum absolute atomic E-state index is 10.9. The highest BCUT2D eigenvalue weighted by molar-refractivity contribution is 5.91. The Hall–Kier alpha value is -1.82. The van der Waals surface area contributed by atoms with Crippen LogP contribution in [-0.4, -0.2) is 12.5 Å². The molecule has 3 heteroatoms. The van der Waals surface area contributed by atoms with Crippen molar-refractivity contribution in [1.29, 1.82) is 5.26 Å². The van der Waals surface area contributed by atoms with Crippen molar-refractivity contribution in [2.75, 3.05) is 6.54 Å². The van der Waals surface area contributed by atoms with Gasteiger partial charge in [0.1, 0.15) is 0 Å². The fourth-order valence-corrected chi connectivity index (χ4v) is 1.61. The van der Waals surface area contributed by atoms with Crippen LogP contribution < -0.4 is 5.32 Å². The lowest BCUT2D eigenvalue weighted by molar-refractivity contribution is -0.116. The minimum absolute atomic E-state index is 0.176. The lowest BCUT2D eigenvalue weighted by Gasteiger charge is -2.25. The average molecular weight is 230 g/mol. The normalized spacial score (nSPS) is 10.8. The maximum Gasteiger partial charge on any atom is 0.322 e. The summed E-state index contributed by atoms with van der Waals surface area (Å²) in [6.07, 6.45) is 0. The summed E-state index contributed by atoms with van der Waals surface area (Å²) in [6.45, 7) is 8.71. The molecule has 0 atom stereocenters. The molecule has 0 saturated heterocycles. The van der Waals surface area contributed by atoms with Crippen LogP contribution in [0.1, 0.15) is 30.5 Å². The van der Waals surface area contributed by atoms with E-state index in [4.69, 9.17) is 5.26 Å². The van der Waals surface area contributed by atoms with Gasteiger partial charge in [-0.1, -0.05) is 32.0 Å². The highest BCUT2D eigenvalue weighted by Gasteiger charge is 2.21. The van der Waals surface area contributed by atoms with Gasteiger partial charge in [-0.25, -0.2) is 0 Å². The number of benzene rings is 1. The second kappa shape index (κ2) is 5.01. The van der Waals surface area contributed by atoms with Crippen LogP contribution in [0.15, 0.2) is 18.2 Å². The molecule has 3 nitrogen and oxygen atoms in total. The van der Waals surface area contributed by atoms with Gasteiger partial charge in [0, 0.05) is 12.0 Å². The average Bonchev–Trinajstić information content (AvgIpc) is 2.29. The van der Waals surface area contributed by atoms with Gasteiger partial charge in [-0.15, -0.1) is 0 Å². The third-order valence-corrected chi connectivity index (χ3v) is 3.08. The molecule has 0 aliphatic heterocycles. The van der Waals surface area contributed by atoms with E-state index in [-0.39, 0.29) is 5.41 Å². The molecule has 0 spiro atoms. The zero-order chi connectivity index (χ0) is 13.1. The summed E-state index contributed by atoms with van der Waals surface area (Å²) in [5.74, 6) is -0.582. The van der Waals surface area contributed by atoms with Crippen molar-refractivity contribution in [3.63, 3.8) is 0 Å². The number of amides is 1. The molecule has 0 fully saturated rings. The minimum Gasteiger partial charge on any atom is -0.343 e. The molecule has 0 saturated carbocycles. The van der Waals surface area contributed by atoms with Crippen molar-refractivity contribution in [3.8, 4) is 6.07 Å². The van der Waals surface area contributed by atoms with Gasteiger partial charge < -0.3 is 5.32 Å². The first-order valence-electron chi connectivity index (χ1n) is 5.62. The summed E-state index contributed by atoms with van der Waals surface area (Å²) in [5, 5.41) is 11.0. The minimum atomic E-state index is -0.582. The smallest absolute Gasteiger partial charge is 0.322 e. The Morgan fingerprint density at radius 1 is 1.35 bits per heavy atom. The van der Waals surface area contributed by atoms with E-state index in [2.05, 4.69) is 51.2 Å². The van der Waals surface area contributed by atoms with E-state index in [1.54, 1.807) is 6.07 Å². The molecule has 1 rings (SSSR count). The van der Waals surface area contributed by atoms with Crippen LogP contribution >= 0.6 is 0 Å². The van der Waals surface area contributed by atoms with Gasteiger partial charge >= 0.3 is 5.91 Å². The summed E-state index contributed by atoms with van der Waals surface area (Å²) >= 11 is 0. The third-order valence-electron chi connectivity index (χ3n) is 3.08. The van der Waals surface area contributed by atoms with Crippen LogP contribution in [0, 0.1) is 25.2 Å². The Balaban J connectivity index is 2.86. The summed E-state index contributed by atoms with van der Waals surface area (Å²) in [7, 11) is 0. The quantitative estimate of drug-likeness (QED) is 0.809. The summed E-state index contributed by atoms with van der Waals surface area (Å²) in [5.41, 5.74) is 3.48. The van der Waals surface area contributed by atoms with Crippen molar-refractivity contribution in [2.24, 2.45) is 0 Å². The number of hydrogen-bond donors (Lipinski definition) is 1. The molecule has 0 aromatic heterocycles. The number of rotatable bonds is 3. The lowest BCUT2D eigenvalue weighted by atomic mass is 9.83. The van der Waals surface area contributed by atoms with Crippen LogP contribution in [-0.2, 0) is 10.2 Å². The van der Waals surface area contributed by atoms with Crippen LogP contribution in [0.25, 0.3) is 0 Å². The molecule has 1 N–H and O–H groups in total. The molecule has 0 unspecified atom stereocenters. The van der Waals surface area contributed by atoms with E-state index in [1.165, 1.54) is 16.7 Å². The van der Waals surface area contributed by atoms with Gasteiger partial charge in [0.15, 0.2) is 6.07 Å². The second-order valence-electron chi connectivity index (χ2n) is 4.98. The molecule has 1 aromatic carbocycles. The topological polar surface area (TPSA) is 52.9 Å². The molecule has 0 heterocycles. The lowest BCUT2D eigenvalue weighted by Crippen LogP contribution is -2.36. The van der Waals surface area contributed by atoms with Gasteiger partial charge in [0.2, 0.25) is 0 Å². The zero-order valence-corrected chi connectivity index (χ0v) is 10.8. The maximum atomic E-state index is 10.9. The Labute approximate surface area is 102 Å². The van der Waals surface area contributed by atoms with Crippen LogP contribution in [0.4, 0.5) is 0 Å². The number of aryl methyl sites for hydroxylation is 2. The molecule has 17 heavy (non-hydrogen) atoms. The number of nitrogens with zero attached hydrogens (tertiary/aromatic N) is 1. The molecular formula is C14H18N2O. The first-order chi connectivity index (χ1) is 7.86. The second-order valence-corrected chi connectivity index (χ2v) is 4.98. The van der Waals surface area contributed by atoms with E-state index in [1.807, 2.05) is 0 Å². The Morgan fingerprint density at radius 2 is 2.00 bits per heavy atom. The van der Waals surface area contributed by atoms with Crippen molar-refractivity contribution >= 4 is 5.91 Å². The first-order valence-corrected chi connectivity index (χ1v) is 5.62. The fourth-order valence-electron chi connectivity index (χ4n) is 1.61. The first kappa shape index (κ1) is 13.2. The van der Waals surface area contributed by atoms with E-state index < -0.39 is 5.91 Å². The summed E-state index contributed by atoms with van der Waals surface area (Å²) < 4.78 is 0. The number of hydrogen-bond acceptors (Lipinski definition) is 2. The molecule has 1 amide bonds. The van der Waals surface area contributed by atoms with Crippen molar-refractivity contribution in [1.82, 2.24) is 5.32 Å². The molecule has 1 aromatic rings. The van der Waals surface area contributed by atoms with Crippen LogP contribution in [0.3, 0.4) is 0 Å². The molecule has 90 valence electrons. The van der Waals surface area contributed by atoms with E-state index in [9.17, 15) is 4.79 Å².